The maximum atomic E-state index is 3.89. The zero-order valence-electron chi connectivity index (χ0n) is 4.24. The summed E-state index contributed by atoms with van der Waals surface area (Å²) in [6.07, 6.45) is 3.39. The Morgan fingerprint density at radius 1 is 1.38 bits per heavy atom. The van der Waals surface area contributed by atoms with Crippen LogP contribution in [0.1, 0.15) is 0 Å². The van der Waals surface area contributed by atoms with Crippen LogP contribution in [0.25, 0.3) is 0 Å². The number of aromatic nitrogens is 2. The highest BCUT2D eigenvalue weighted by Crippen LogP contribution is 1.82. The normalized spacial score (nSPS) is 8.50. The monoisotopic (exact) mass is 125 g/mol. The standard InChI is InChI=1S/C5H5N2S/c1-8-5-6-3-2-4-7-5/h2-4H,1H2/q+1. The van der Waals surface area contributed by atoms with E-state index in [0.717, 1.165) is 0 Å². The third-order valence-electron chi connectivity index (χ3n) is 0.671. The molecule has 0 bridgehead atoms. The van der Waals surface area contributed by atoms with Crippen molar-refractivity contribution in [2.45, 2.75) is 5.16 Å². The quantitative estimate of drug-likeness (QED) is 0.307. The molecule has 0 N–H and O–H groups in total. The smallest absolute Gasteiger partial charge is 0.183 e. The van der Waals surface area contributed by atoms with Crippen LogP contribution in [0.2, 0.25) is 0 Å². The Labute approximate surface area is 51.6 Å². The van der Waals surface area contributed by atoms with E-state index in [4.69, 9.17) is 0 Å². The van der Waals surface area contributed by atoms with E-state index in [1.807, 2.05) is 0 Å². The summed E-state index contributed by atoms with van der Waals surface area (Å²) in [5, 5.41) is 0.715. The van der Waals surface area contributed by atoms with Crippen molar-refractivity contribution in [2.24, 2.45) is 0 Å². The van der Waals surface area contributed by atoms with Crippen molar-refractivity contribution < 1.29 is 0 Å². The van der Waals surface area contributed by atoms with Crippen LogP contribution in [0.15, 0.2) is 23.6 Å². The summed E-state index contributed by atoms with van der Waals surface area (Å²) < 4.78 is 0. The summed E-state index contributed by atoms with van der Waals surface area (Å²) >= 11 is 1.30. The average molecular weight is 125 g/mol. The minimum atomic E-state index is 0.715. The van der Waals surface area contributed by atoms with Crippen molar-refractivity contribution in [3.63, 3.8) is 0 Å². The summed E-state index contributed by atoms with van der Waals surface area (Å²) in [7, 11) is 0. The first kappa shape index (κ1) is 5.31. The van der Waals surface area contributed by atoms with Gasteiger partial charge in [-0.15, -0.1) is 0 Å². The fourth-order valence-corrected chi connectivity index (χ4v) is 0.631. The van der Waals surface area contributed by atoms with Crippen LogP contribution in [-0.2, 0) is 11.4 Å². The molecule has 1 aromatic rings. The van der Waals surface area contributed by atoms with Crippen LogP contribution < -0.4 is 0 Å². The Morgan fingerprint density at radius 3 is 2.38 bits per heavy atom. The molecule has 0 unspecified atom stereocenters. The molecule has 0 saturated heterocycles. The summed E-state index contributed by atoms with van der Waals surface area (Å²) in [5.74, 6) is 3.55. The first-order valence-electron chi connectivity index (χ1n) is 2.12. The average Bonchev–Trinajstić information content (AvgIpc) is 1.90. The number of rotatable bonds is 1. The number of hydrogen-bond donors (Lipinski definition) is 0. The zero-order valence-corrected chi connectivity index (χ0v) is 5.06. The van der Waals surface area contributed by atoms with Crippen LogP contribution in [0.5, 0.6) is 0 Å². The molecule has 0 aliphatic heterocycles. The van der Waals surface area contributed by atoms with Gasteiger partial charge in [0.1, 0.15) is 0 Å². The second-order valence-corrected chi connectivity index (χ2v) is 1.83. The molecule has 0 aliphatic rings. The molecule has 1 heterocycles. The fourth-order valence-electron chi connectivity index (χ4n) is 0.360. The molecule has 0 spiro atoms. The van der Waals surface area contributed by atoms with Crippen LogP contribution in [0.3, 0.4) is 0 Å². The van der Waals surface area contributed by atoms with Gasteiger partial charge in [0.2, 0.25) is 0 Å². The van der Waals surface area contributed by atoms with Gasteiger partial charge in [-0.05, 0) is 6.07 Å². The lowest BCUT2D eigenvalue weighted by molar-refractivity contribution is 0.972. The molecule has 0 aliphatic carbocycles. The second kappa shape index (κ2) is 2.47. The van der Waals surface area contributed by atoms with Gasteiger partial charge in [-0.25, -0.2) is 0 Å². The third-order valence-corrected chi connectivity index (χ3v) is 1.14. The van der Waals surface area contributed by atoms with Gasteiger partial charge in [-0.1, -0.05) is 0 Å². The van der Waals surface area contributed by atoms with E-state index >= 15 is 0 Å². The Bertz CT molecular complexity index is 173. The van der Waals surface area contributed by atoms with Crippen LogP contribution in [0, 0.1) is 0 Å². The van der Waals surface area contributed by atoms with Gasteiger partial charge < -0.3 is 0 Å². The van der Waals surface area contributed by atoms with Crippen molar-refractivity contribution in [2.75, 3.05) is 0 Å². The molecular formula is C5H5N2S+. The lowest BCUT2D eigenvalue weighted by Crippen LogP contribution is -1.82. The van der Waals surface area contributed by atoms with E-state index < -0.39 is 0 Å². The van der Waals surface area contributed by atoms with Gasteiger partial charge in [0.15, 0.2) is 5.87 Å². The predicted octanol–water partition coefficient (Wildman–Crippen LogP) is 0.350. The molecule has 40 valence electrons. The van der Waals surface area contributed by atoms with E-state index in [2.05, 4.69) is 15.8 Å². The number of nitrogens with zero attached hydrogens (tertiary/aromatic N) is 2. The van der Waals surface area contributed by atoms with Gasteiger partial charge in [-0.2, -0.15) is 9.97 Å². The van der Waals surface area contributed by atoms with Crippen molar-refractivity contribution in [3.8, 4) is 0 Å². The van der Waals surface area contributed by atoms with Crippen molar-refractivity contribution in [1.29, 1.82) is 0 Å². The summed E-state index contributed by atoms with van der Waals surface area (Å²) in [4.78, 5) is 7.77. The highest BCUT2D eigenvalue weighted by atomic mass is 32.1. The van der Waals surface area contributed by atoms with Gasteiger partial charge >= 0.3 is 5.16 Å². The molecular weight excluding hydrogens is 120 g/mol. The fraction of sp³-hybridized carbons (Fsp3) is 0. The van der Waals surface area contributed by atoms with Gasteiger partial charge in [0.25, 0.3) is 11.4 Å². The van der Waals surface area contributed by atoms with Crippen molar-refractivity contribution in [1.82, 2.24) is 9.97 Å². The van der Waals surface area contributed by atoms with Gasteiger partial charge in [-0.3, -0.25) is 0 Å². The Kier molecular flexibility index (Phi) is 1.64. The summed E-state index contributed by atoms with van der Waals surface area (Å²) in [6, 6.07) is 1.78. The molecule has 2 nitrogen and oxygen atoms in total. The summed E-state index contributed by atoms with van der Waals surface area (Å²) in [5.41, 5.74) is 0. The molecule has 1 aromatic heterocycles. The highest BCUT2D eigenvalue weighted by Gasteiger charge is 1.96. The highest BCUT2D eigenvalue weighted by molar-refractivity contribution is 7.75. The Hall–Kier alpha value is -0.830. The van der Waals surface area contributed by atoms with E-state index in [9.17, 15) is 0 Å². The van der Waals surface area contributed by atoms with E-state index in [1.54, 1.807) is 18.5 Å². The molecule has 0 aromatic carbocycles. The maximum Gasteiger partial charge on any atom is 0.421 e. The molecule has 0 amide bonds. The molecule has 0 radical (unpaired) electrons. The summed E-state index contributed by atoms with van der Waals surface area (Å²) in [6.45, 7) is 0. The van der Waals surface area contributed by atoms with Gasteiger partial charge in [0.05, 0.1) is 0 Å². The van der Waals surface area contributed by atoms with Crippen LogP contribution in [0.4, 0.5) is 0 Å². The SMILES string of the molecule is C=[S+]c1ncccn1. The Morgan fingerprint density at radius 2 is 2.00 bits per heavy atom. The molecule has 0 saturated carbocycles. The lowest BCUT2D eigenvalue weighted by atomic mass is 10.7. The largest absolute Gasteiger partial charge is 0.421 e. The second-order valence-electron chi connectivity index (χ2n) is 1.18. The molecule has 8 heavy (non-hydrogen) atoms. The predicted molar refractivity (Wildman–Crippen MR) is 34.8 cm³/mol. The first-order valence-corrected chi connectivity index (χ1v) is 3.11. The number of hydrogen-bond acceptors (Lipinski definition) is 2. The molecule has 0 fully saturated rings. The minimum Gasteiger partial charge on any atom is -0.183 e. The topological polar surface area (TPSA) is 25.8 Å². The van der Waals surface area contributed by atoms with Crippen molar-refractivity contribution in [3.05, 3.63) is 18.5 Å². The first-order chi connectivity index (χ1) is 3.93. The van der Waals surface area contributed by atoms with Crippen molar-refractivity contribution >= 4 is 17.2 Å². The third kappa shape index (κ3) is 1.07. The van der Waals surface area contributed by atoms with E-state index in [0.29, 0.717) is 5.16 Å². The van der Waals surface area contributed by atoms with Gasteiger partial charge in [0, 0.05) is 12.4 Å². The van der Waals surface area contributed by atoms with E-state index in [-0.39, 0.29) is 0 Å². The molecule has 0 atom stereocenters. The maximum absolute atomic E-state index is 3.89. The molecule has 3 heteroatoms. The van der Waals surface area contributed by atoms with E-state index in [1.165, 1.54) is 11.4 Å². The zero-order chi connectivity index (χ0) is 5.82. The van der Waals surface area contributed by atoms with Crippen LogP contribution >= 0.6 is 0 Å². The van der Waals surface area contributed by atoms with Crippen LogP contribution in [-0.4, -0.2) is 15.8 Å². The lowest BCUT2D eigenvalue weighted by Gasteiger charge is -1.72. The molecule has 1 rings (SSSR count). The minimum absolute atomic E-state index is 0.715. The Balaban J connectivity index is 2.99.